The summed E-state index contributed by atoms with van der Waals surface area (Å²) in [5.41, 5.74) is 0.435. The second-order valence-corrected chi connectivity index (χ2v) is 5.81. The third-order valence-corrected chi connectivity index (χ3v) is 4.30. The summed E-state index contributed by atoms with van der Waals surface area (Å²) in [5, 5.41) is 13.0. The molecule has 0 aliphatic heterocycles. The van der Waals surface area contributed by atoms with Gasteiger partial charge in [0.25, 0.3) is 5.91 Å². The summed E-state index contributed by atoms with van der Waals surface area (Å²) in [7, 11) is 0. The van der Waals surface area contributed by atoms with Gasteiger partial charge in [0.1, 0.15) is 0 Å². The Morgan fingerprint density at radius 3 is 2.74 bits per heavy atom. The van der Waals surface area contributed by atoms with E-state index in [2.05, 4.69) is 5.32 Å². The highest BCUT2D eigenvalue weighted by Crippen LogP contribution is 2.30. The van der Waals surface area contributed by atoms with Crippen molar-refractivity contribution in [3.8, 4) is 0 Å². The molecule has 1 aliphatic carbocycles. The highest BCUT2D eigenvalue weighted by atomic mass is 35.5. The van der Waals surface area contributed by atoms with Crippen LogP contribution in [0.4, 0.5) is 0 Å². The van der Waals surface area contributed by atoms with Crippen LogP contribution in [0.3, 0.4) is 0 Å². The van der Waals surface area contributed by atoms with E-state index in [1.807, 2.05) is 0 Å². The lowest BCUT2D eigenvalue weighted by molar-refractivity contribution is 0.0938. The van der Waals surface area contributed by atoms with Gasteiger partial charge in [0.2, 0.25) is 0 Å². The molecule has 0 heterocycles. The van der Waals surface area contributed by atoms with Crippen LogP contribution in [0.1, 0.15) is 29.6 Å². The monoisotopic (exact) mass is 301 g/mol. The molecule has 1 fully saturated rings. The second kappa shape index (κ2) is 6.60. The van der Waals surface area contributed by atoms with Crippen LogP contribution in [0, 0.1) is 11.8 Å². The van der Waals surface area contributed by atoms with E-state index in [9.17, 15) is 9.90 Å². The summed E-state index contributed by atoms with van der Waals surface area (Å²) in [6, 6.07) is 4.83. The van der Waals surface area contributed by atoms with Gasteiger partial charge in [-0.15, -0.1) is 0 Å². The number of rotatable bonds is 4. The summed E-state index contributed by atoms with van der Waals surface area (Å²) in [4.78, 5) is 12.0. The minimum atomic E-state index is -0.190. The molecule has 0 radical (unpaired) electrons. The Kier molecular flexibility index (Phi) is 5.08. The molecule has 1 aliphatic rings. The predicted molar refractivity (Wildman–Crippen MR) is 76.7 cm³/mol. The number of carbonyl (C=O) groups excluding carboxylic acids is 1. The Hall–Kier alpha value is -0.770. The highest BCUT2D eigenvalue weighted by Gasteiger charge is 2.27. The first kappa shape index (κ1) is 14.6. The third-order valence-electron chi connectivity index (χ3n) is 3.75. The van der Waals surface area contributed by atoms with E-state index >= 15 is 0 Å². The van der Waals surface area contributed by atoms with Gasteiger partial charge in [-0.05, 0) is 42.9 Å². The van der Waals surface area contributed by atoms with Gasteiger partial charge in [-0.1, -0.05) is 29.6 Å². The molecule has 2 rings (SSSR count). The highest BCUT2D eigenvalue weighted by molar-refractivity contribution is 6.36. The first-order chi connectivity index (χ1) is 9.11. The molecule has 2 unspecified atom stereocenters. The number of hydrogen-bond acceptors (Lipinski definition) is 2. The van der Waals surface area contributed by atoms with Gasteiger partial charge in [-0.25, -0.2) is 0 Å². The van der Waals surface area contributed by atoms with E-state index in [1.165, 1.54) is 0 Å². The number of hydrogen-bond donors (Lipinski definition) is 2. The van der Waals surface area contributed by atoms with E-state index in [1.54, 1.807) is 18.2 Å². The lowest BCUT2D eigenvalue weighted by Crippen LogP contribution is -2.31. The number of benzene rings is 1. The fourth-order valence-corrected chi connectivity index (χ4v) is 3.11. The molecule has 1 amide bonds. The molecule has 0 bridgehead atoms. The van der Waals surface area contributed by atoms with Crippen molar-refractivity contribution in [1.29, 1.82) is 0 Å². The van der Waals surface area contributed by atoms with E-state index < -0.39 is 0 Å². The van der Waals surface area contributed by atoms with Crippen LogP contribution < -0.4 is 5.32 Å². The maximum atomic E-state index is 12.0. The number of carbonyl (C=O) groups is 1. The summed E-state index contributed by atoms with van der Waals surface area (Å²) < 4.78 is 0. The average Bonchev–Trinajstić information content (AvgIpc) is 2.83. The number of halogens is 2. The van der Waals surface area contributed by atoms with Crippen molar-refractivity contribution in [2.75, 3.05) is 13.2 Å². The van der Waals surface area contributed by atoms with Crippen LogP contribution in [0.25, 0.3) is 0 Å². The van der Waals surface area contributed by atoms with Crippen LogP contribution in [-0.4, -0.2) is 24.2 Å². The molecule has 0 aromatic heterocycles. The van der Waals surface area contributed by atoms with Gasteiger partial charge in [0.15, 0.2) is 0 Å². The van der Waals surface area contributed by atoms with Crippen molar-refractivity contribution in [2.45, 2.75) is 19.3 Å². The minimum Gasteiger partial charge on any atom is -0.396 e. The Morgan fingerprint density at radius 2 is 2.05 bits per heavy atom. The van der Waals surface area contributed by atoms with Gasteiger partial charge in [0.05, 0.1) is 10.6 Å². The van der Waals surface area contributed by atoms with Crippen molar-refractivity contribution < 1.29 is 9.90 Å². The molecular formula is C14H17Cl2NO2. The van der Waals surface area contributed by atoms with E-state index in [4.69, 9.17) is 23.2 Å². The Bertz CT molecular complexity index is 465. The zero-order valence-electron chi connectivity index (χ0n) is 10.5. The Morgan fingerprint density at radius 1 is 1.32 bits per heavy atom. The molecule has 1 aromatic carbocycles. The van der Waals surface area contributed by atoms with Gasteiger partial charge in [0, 0.05) is 18.2 Å². The first-order valence-corrected chi connectivity index (χ1v) is 7.21. The lowest BCUT2D eigenvalue weighted by atomic mass is 9.97. The zero-order valence-corrected chi connectivity index (χ0v) is 12.0. The van der Waals surface area contributed by atoms with Crippen LogP contribution in [-0.2, 0) is 0 Å². The molecule has 1 saturated carbocycles. The molecule has 5 heteroatoms. The standard InChI is InChI=1S/C14H17Cl2NO2/c15-11-4-5-12(13(16)6-11)14(19)17-7-9-2-1-3-10(9)8-18/h4-6,9-10,18H,1-3,7-8H2,(H,17,19). The SMILES string of the molecule is O=C(NCC1CCCC1CO)c1ccc(Cl)cc1Cl. The summed E-state index contributed by atoms with van der Waals surface area (Å²) in [5.74, 6) is 0.478. The van der Waals surface area contributed by atoms with Crippen molar-refractivity contribution in [1.82, 2.24) is 5.32 Å². The fourth-order valence-electron chi connectivity index (χ4n) is 2.62. The van der Waals surface area contributed by atoms with Gasteiger partial charge in [-0.2, -0.15) is 0 Å². The molecule has 104 valence electrons. The molecule has 0 saturated heterocycles. The average molecular weight is 302 g/mol. The van der Waals surface area contributed by atoms with Gasteiger partial charge >= 0.3 is 0 Å². The van der Waals surface area contributed by atoms with Crippen LogP contribution in [0.15, 0.2) is 18.2 Å². The molecule has 1 aromatic rings. The molecule has 3 nitrogen and oxygen atoms in total. The Labute approximate surface area is 122 Å². The quantitative estimate of drug-likeness (QED) is 0.897. The molecule has 0 spiro atoms. The maximum absolute atomic E-state index is 12.0. The molecule has 2 N–H and O–H groups in total. The number of amides is 1. The number of nitrogens with one attached hydrogen (secondary N) is 1. The van der Waals surface area contributed by atoms with E-state index in [0.29, 0.717) is 34.0 Å². The molecule has 2 atom stereocenters. The van der Waals surface area contributed by atoms with Crippen LogP contribution in [0.2, 0.25) is 10.0 Å². The number of aliphatic hydroxyl groups is 1. The van der Waals surface area contributed by atoms with Crippen molar-refractivity contribution in [3.05, 3.63) is 33.8 Å². The van der Waals surface area contributed by atoms with Crippen molar-refractivity contribution in [2.24, 2.45) is 11.8 Å². The molecule has 19 heavy (non-hydrogen) atoms. The second-order valence-electron chi connectivity index (χ2n) is 4.97. The number of aliphatic hydroxyl groups excluding tert-OH is 1. The Balaban J connectivity index is 1.94. The minimum absolute atomic E-state index is 0.190. The summed E-state index contributed by atoms with van der Waals surface area (Å²) in [6.45, 7) is 0.783. The van der Waals surface area contributed by atoms with Crippen LogP contribution in [0.5, 0.6) is 0 Å². The van der Waals surface area contributed by atoms with Gasteiger partial charge < -0.3 is 10.4 Å². The zero-order chi connectivity index (χ0) is 13.8. The topological polar surface area (TPSA) is 49.3 Å². The summed E-state index contributed by atoms with van der Waals surface area (Å²) in [6.07, 6.45) is 3.21. The third kappa shape index (κ3) is 3.62. The fraction of sp³-hybridized carbons (Fsp3) is 0.500. The smallest absolute Gasteiger partial charge is 0.252 e. The predicted octanol–water partition coefficient (Wildman–Crippen LogP) is 3.13. The van der Waals surface area contributed by atoms with E-state index in [0.717, 1.165) is 19.3 Å². The maximum Gasteiger partial charge on any atom is 0.252 e. The van der Waals surface area contributed by atoms with Crippen molar-refractivity contribution in [3.63, 3.8) is 0 Å². The van der Waals surface area contributed by atoms with Crippen molar-refractivity contribution >= 4 is 29.1 Å². The largest absolute Gasteiger partial charge is 0.396 e. The normalized spacial score (nSPS) is 22.5. The van der Waals surface area contributed by atoms with Gasteiger partial charge in [-0.3, -0.25) is 4.79 Å². The first-order valence-electron chi connectivity index (χ1n) is 6.46. The molecular weight excluding hydrogens is 285 g/mol. The lowest BCUT2D eigenvalue weighted by Gasteiger charge is -2.18. The van der Waals surface area contributed by atoms with E-state index in [-0.39, 0.29) is 12.5 Å². The van der Waals surface area contributed by atoms with Crippen LogP contribution >= 0.6 is 23.2 Å². The summed E-state index contributed by atoms with van der Waals surface area (Å²) >= 11 is 11.8.